The highest BCUT2D eigenvalue weighted by Gasteiger charge is 2.16. The summed E-state index contributed by atoms with van der Waals surface area (Å²) in [6, 6.07) is 13.3. The Morgan fingerprint density at radius 3 is 2.68 bits per heavy atom. The molecule has 0 fully saturated rings. The Morgan fingerprint density at radius 1 is 1.04 bits per heavy atom. The third-order valence-corrected chi connectivity index (χ3v) is 4.21. The highest BCUT2D eigenvalue weighted by Crippen LogP contribution is 2.22. The lowest BCUT2D eigenvalue weighted by Gasteiger charge is -2.11. The Kier molecular flexibility index (Phi) is 4.44. The van der Waals surface area contributed by atoms with Gasteiger partial charge in [-0.15, -0.1) is 0 Å². The summed E-state index contributed by atoms with van der Waals surface area (Å²) in [7, 11) is 1.72. The lowest BCUT2D eigenvalue weighted by Crippen LogP contribution is -2.17. The molecule has 0 unspecified atom stereocenters. The number of hydrogen-bond donors (Lipinski definition) is 2. The van der Waals surface area contributed by atoms with Crippen molar-refractivity contribution in [2.75, 3.05) is 10.6 Å². The second-order valence-electron chi connectivity index (χ2n) is 6.12. The monoisotopic (exact) mass is 379 g/mol. The molecular weight excluding hydrogens is 364 g/mol. The van der Waals surface area contributed by atoms with E-state index >= 15 is 0 Å². The number of aromatic nitrogens is 3. The SMILES string of the molecule is Cn1c(NC(=O)c2cccnc2Nc2cccc(F)c2)nc2cc(F)ccc21. The van der Waals surface area contributed by atoms with Gasteiger partial charge in [-0.1, -0.05) is 6.07 Å². The topological polar surface area (TPSA) is 71.8 Å². The molecule has 28 heavy (non-hydrogen) atoms. The molecule has 2 aromatic carbocycles. The zero-order valence-electron chi connectivity index (χ0n) is 14.8. The Labute approximate surface area is 158 Å². The van der Waals surface area contributed by atoms with Gasteiger partial charge >= 0.3 is 0 Å². The molecular formula is C20H15F2N5O. The molecule has 2 aromatic heterocycles. The van der Waals surface area contributed by atoms with Gasteiger partial charge in [0.25, 0.3) is 5.91 Å². The number of rotatable bonds is 4. The summed E-state index contributed by atoms with van der Waals surface area (Å²) < 4.78 is 28.5. The number of carbonyl (C=O) groups is 1. The van der Waals surface area contributed by atoms with Crippen molar-refractivity contribution in [1.82, 2.24) is 14.5 Å². The zero-order chi connectivity index (χ0) is 19.7. The Hall–Kier alpha value is -3.81. The number of halogens is 2. The van der Waals surface area contributed by atoms with E-state index < -0.39 is 17.5 Å². The number of amides is 1. The molecule has 0 radical (unpaired) electrons. The van der Waals surface area contributed by atoms with Crippen LogP contribution in [0.4, 0.5) is 26.2 Å². The average Bonchev–Trinajstić information content (AvgIpc) is 2.97. The molecule has 140 valence electrons. The number of fused-ring (bicyclic) bond motifs is 1. The van der Waals surface area contributed by atoms with Crippen LogP contribution in [-0.2, 0) is 7.05 Å². The second-order valence-corrected chi connectivity index (χ2v) is 6.12. The van der Waals surface area contributed by atoms with Gasteiger partial charge < -0.3 is 9.88 Å². The largest absolute Gasteiger partial charge is 0.339 e. The number of nitrogens with zero attached hydrogens (tertiary/aromatic N) is 3. The summed E-state index contributed by atoms with van der Waals surface area (Å²) in [4.78, 5) is 21.2. The van der Waals surface area contributed by atoms with E-state index in [9.17, 15) is 13.6 Å². The number of nitrogens with one attached hydrogen (secondary N) is 2. The van der Waals surface area contributed by atoms with Crippen LogP contribution in [0.3, 0.4) is 0 Å². The molecule has 0 bridgehead atoms. The number of hydrogen-bond acceptors (Lipinski definition) is 4. The van der Waals surface area contributed by atoms with Crippen LogP contribution in [0.1, 0.15) is 10.4 Å². The summed E-state index contributed by atoms with van der Waals surface area (Å²) >= 11 is 0. The van der Waals surface area contributed by atoms with E-state index in [-0.39, 0.29) is 17.3 Å². The number of aryl methyl sites for hydroxylation is 1. The van der Waals surface area contributed by atoms with Gasteiger partial charge in [-0.05, 0) is 42.5 Å². The van der Waals surface area contributed by atoms with Crippen LogP contribution in [0.15, 0.2) is 60.8 Å². The molecule has 8 heteroatoms. The maximum Gasteiger partial charge on any atom is 0.261 e. The fraction of sp³-hybridized carbons (Fsp3) is 0.0500. The summed E-state index contributed by atoms with van der Waals surface area (Å²) in [6.07, 6.45) is 1.52. The Morgan fingerprint density at radius 2 is 1.86 bits per heavy atom. The Balaban J connectivity index is 1.63. The minimum absolute atomic E-state index is 0.255. The molecule has 0 saturated carbocycles. The average molecular weight is 379 g/mol. The minimum atomic E-state index is -0.453. The molecule has 4 rings (SSSR count). The molecule has 6 nitrogen and oxygen atoms in total. The van der Waals surface area contributed by atoms with E-state index in [0.29, 0.717) is 16.7 Å². The van der Waals surface area contributed by atoms with Crippen molar-refractivity contribution < 1.29 is 13.6 Å². The molecule has 4 aromatic rings. The molecule has 0 aliphatic carbocycles. The first-order valence-electron chi connectivity index (χ1n) is 8.42. The van der Waals surface area contributed by atoms with Crippen molar-refractivity contribution in [3.05, 3.63) is 78.0 Å². The zero-order valence-corrected chi connectivity index (χ0v) is 14.8. The van der Waals surface area contributed by atoms with Crippen LogP contribution in [0.5, 0.6) is 0 Å². The maximum absolute atomic E-state index is 13.4. The number of carbonyl (C=O) groups excluding carboxylic acids is 1. The lowest BCUT2D eigenvalue weighted by atomic mass is 10.2. The molecule has 0 spiro atoms. The van der Waals surface area contributed by atoms with E-state index in [1.54, 1.807) is 41.9 Å². The standard InChI is InChI=1S/C20H15F2N5O/c1-27-17-8-7-13(22)11-16(17)25-20(27)26-19(28)15-6-3-9-23-18(15)24-14-5-2-4-12(21)10-14/h2-11H,1H3,(H,23,24)(H,25,26,28). The van der Waals surface area contributed by atoms with Crippen LogP contribution in [-0.4, -0.2) is 20.4 Å². The van der Waals surface area contributed by atoms with E-state index in [2.05, 4.69) is 20.6 Å². The molecule has 2 heterocycles. The highest BCUT2D eigenvalue weighted by atomic mass is 19.1. The number of imidazole rings is 1. The van der Waals surface area contributed by atoms with Crippen molar-refractivity contribution in [3.63, 3.8) is 0 Å². The van der Waals surface area contributed by atoms with Gasteiger partial charge in [0.15, 0.2) is 0 Å². The highest BCUT2D eigenvalue weighted by molar-refractivity contribution is 6.07. The third kappa shape index (κ3) is 3.39. The van der Waals surface area contributed by atoms with Crippen molar-refractivity contribution in [1.29, 1.82) is 0 Å². The maximum atomic E-state index is 13.4. The van der Waals surface area contributed by atoms with Crippen molar-refractivity contribution >= 4 is 34.4 Å². The molecule has 0 aliphatic rings. The number of benzene rings is 2. The van der Waals surface area contributed by atoms with Gasteiger partial charge in [-0.2, -0.15) is 0 Å². The fourth-order valence-electron chi connectivity index (χ4n) is 2.84. The van der Waals surface area contributed by atoms with Gasteiger partial charge in [0.1, 0.15) is 17.5 Å². The first-order chi connectivity index (χ1) is 13.5. The normalized spacial score (nSPS) is 10.8. The van der Waals surface area contributed by atoms with Crippen molar-refractivity contribution in [3.8, 4) is 0 Å². The predicted octanol–water partition coefficient (Wildman–Crippen LogP) is 4.24. The van der Waals surface area contributed by atoms with Crippen molar-refractivity contribution in [2.24, 2.45) is 7.05 Å². The van der Waals surface area contributed by atoms with E-state index in [4.69, 9.17) is 0 Å². The summed E-state index contributed by atoms with van der Waals surface area (Å²) in [5.74, 6) is -0.719. The molecule has 2 N–H and O–H groups in total. The van der Waals surface area contributed by atoms with Crippen LogP contribution in [0.2, 0.25) is 0 Å². The second kappa shape index (κ2) is 7.07. The number of anilines is 3. The summed E-state index contributed by atoms with van der Waals surface area (Å²) in [5.41, 5.74) is 1.83. The summed E-state index contributed by atoms with van der Waals surface area (Å²) in [6.45, 7) is 0. The van der Waals surface area contributed by atoms with Crippen LogP contribution >= 0.6 is 0 Å². The molecule has 1 amide bonds. The van der Waals surface area contributed by atoms with Gasteiger partial charge in [0, 0.05) is 25.0 Å². The molecule has 0 aliphatic heterocycles. The first-order valence-corrected chi connectivity index (χ1v) is 8.42. The molecule has 0 atom stereocenters. The van der Waals surface area contributed by atoms with Crippen LogP contribution in [0.25, 0.3) is 11.0 Å². The molecule has 0 saturated heterocycles. The quantitative estimate of drug-likeness (QED) is 0.556. The smallest absolute Gasteiger partial charge is 0.261 e. The third-order valence-electron chi connectivity index (χ3n) is 4.21. The summed E-state index contributed by atoms with van der Waals surface area (Å²) in [5, 5.41) is 5.65. The van der Waals surface area contributed by atoms with E-state index in [1.807, 2.05) is 0 Å². The number of pyridine rings is 1. The first kappa shape index (κ1) is 17.6. The van der Waals surface area contributed by atoms with E-state index in [1.165, 1.54) is 30.5 Å². The lowest BCUT2D eigenvalue weighted by molar-refractivity contribution is 0.102. The van der Waals surface area contributed by atoms with E-state index in [0.717, 1.165) is 0 Å². The van der Waals surface area contributed by atoms with Gasteiger partial charge in [0.2, 0.25) is 5.95 Å². The predicted molar refractivity (Wildman–Crippen MR) is 103 cm³/mol. The van der Waals surface area contributed by atoms with Crippen LogP contribution < -0.4 is 10.6 Å². The van der Waals surface area contributed by atoms with Gasteiger partial charge in [-0.3, -0.25) is 10.1 Å². The minimum Gasteiger partial charge on any atom is -0.339 e. The Bertz CT molecular complexity index is 1190. The fourth-order valence-corrected chi connectivity index (χ4v) is 2.84. The van der Waals surface area contributed by atoms with Crippen molar-refractivity contribution in [2.45, 2.75) is 0 Å². The van der Waals surface area contributed by atoms with Crippen LogP contribution in [0, 0.1) is 11.6 Å². The van der Waals surface area contributed by atoms with Gasteiger partial charge in [-0.25, -0.2) is 18.7 Å². The van der Waals surface area contributed by atoms with Gasteiger partial charge in [0.05, 0.1) is 16.6 Å².